The van der Waals surface area contributed by atoms with E-state index in [1.54, 1.807) is 24.3 Å². The summed E-state index contributed by atoms with van der Waals surface area (Å²) < 4.78 is 5.64. The summed E-state index contributed by atoms with van der Waals surface area (Å²) in [6.45, 7) is 2.40. The quantitative estimate of drug-likeness (QED) is 0.371. The van der Waals surface area contributed by atoms with Gasteiger partial charge in [0.05, 0.1) is 17.0 Å². The van der Waals surface area contributed by atoms with Crippen molar-refractivity contribution in [3.8, 4) is 11.5 Å². The molecule has 4 rings (SSSR count). The summed E-state index contributed by atoms with van der Waals surface area (Å²) in [5.74, 6) is -0.0750. The van der Waals surface area contributed by atoms with Gasteiger partial charge in [0.25, 0.3) is 11.1 Å². The van der Waals surface area contributed by atoms with Crippen LogP contribution >= 0.6 is 11.8 Å². The third-order valence-corrected chi connectivity index (χ3v) is 5.59. The lowest BCUT2D eigenvalue weighted by molar-refractivity contribution is -0.113. The molecule has 2 amide bonds. The zero-order valence-corrected chi connectivity index (χ0v) is 18.8. The SMILES string of the molecule is Cc1ccc(-c2nnc(SCC(=O)Nc3ccccc3C(=O)NCc3ccccc3)o2)cc1. The molecular weight excluding hydrogens is 436 g/mol. The second-order valence-corrected chi connectivity index (χ2v) is 8.22. The lowest BCUT2D eigenvalue weighted by Gasteiger charge is -2.11. The molecule has 0 atom stereocenters. The number of rotatable bonds is 8. The minimum absolute atomic E-state index is 0.0650. The van der Waals surface area contributed by atoms with Gasteiger partial charge < -0.3 is 15.1 Å². The highest BCUT2D eigenvalue weighted by molar-refractivity contribution is 7.99. The van der Waals surface area contributed by atoms with Gasteiger partial charge in [-0.3, -0.25) is 9.59 Å². The van der Waals surface area contributed by atoms with Gasteiger partial charge in [-0.15, -0.1) is 10.2 Å². The molecule has 2 N–H and O–H groups in total. The van der Waals surface area contributed by atoms with Gasteiger partial charge in [0, 0.05) is 12.1 Å². The number of nitrogens with zero attached hydrogens (tertiary/aromatic N) is 2. The largest absolute Gasteiger partial charge is 0.411 e. The van der Waals surface area contributed by atoms with Crippen molar-refractivity contribution in [1.29, 1.82) is 0 Å². The number of thioether (sulfide) groups is 1. The Kier molecular flexibility index (Phi) is 7.16. The summed E-state index contributed by atoms with van der Waals surface area (Å²) in [5, 5.41) is 14.0. The Morgan fingerprint density at radius 3 is 2.42 bits per heavy atom. The average Bonchev–Trinajstić information content (AvgIpc) is 3.32. The topological polar surface area (TPSA) is 97.1 Å². The van der Waals surface area contributed by atoms with Crippen molar-refractivity contribution in [2.75, 3.05) is 11.1 Å². The van der Waals surface area contributed by atoms with E-state index in [-0.39, 0.29) is 17.6 Å². The molecule has 0 saturated heterocycles. The van der Waals surface area contributed by atoms with E-state index in [0.717, 1.165) is 28.5 Å². The maximum Gasteiger partial charge on any atom is 0.277 e. The fourth-order valence-corrected chi connectivity index (χ4v) is 3.62. The smallest absolute Gasteiger partial charge is 0.277 e. The monoisotopic (exact) mass is 458 g/mol. The Bertz CT molecular complexity index is 1240. The lowest BCUT2D eigenvalue weighted by atomic mass is 10.1. The van der Waals surface area contributed by atoms with Crippen LogP contribution in [0.15, 0.2) is 88.5 Å². The second-order valence-electron chi connectivity index (χ2n) is 7.29. The van der Waals surface area contributed by atoms with Crippen molar-refractivity contribution < 1.29 is 14.0 Å². The zero-order valence-electron chi connectivity index (χ0n) is 17.9. The molecular formula is C25H22N4O3S. The first-order chi connectivity index (χ1) is 16.1. The van der Waals surface area contributed by atoms with Gasteiger partial charge in [-0.25, -0.2) is 0 Å². The molecule has 7 nitrogen and oxygen atoms in total. The maximum atomic E-state index is 12.7. The maximum absolute atomic E-state index is 12.7. The van der Waals surface area contributed by atoms with E-state index in [1.165, 1.54) is 0 Å². The minimum atomic E-state index is -0.279. The van der Waals surface area contributed by atoms with Crippen LogP contribution in [-0.2, 0) is 11.3 Å². The molecule has 0 aliphatic rings. The van der Waals surface area contributed by atoms with Crippen LogP contribution in [0.1, 0.15) is 21.5 Å². The highest BCUT2D eigenvalue weighted by Crippen LogP contribution is 2.24. The number of carbonyl (C=O) groups excluding carboxylic acids is 2. The van der Waals surface area contributed by atoms with E-state index in [9.17, 15) is 9.59 Å². The van der Waals surface area contributed by atoms with Gasteiger partial charge in [-0.1, -0.05) is 71.9 Å². The molecule has 166 valence electrons. The molecule has 0 saturated carbocycles. The number of para-hydroxylation sites is 1. The third kappa shape index (κ3) is 6.08. The Labute approximate surface area is 195 Å². The number of amides is 2. The van der Waals surface area contributed by atoms with E-state index in [2.05, 4.69) is 20.8 Å². The number of anilines is 1. The van der Waals surface area contributed by atoms with Crippen LogP contribution in [-0.4, -0.2) is 27.8 Å². The van der Waals surface area contributed by atoms with E-state index >= 15 is 0 Å². The molecule has 8 heteroatoms. The van der Waals surface area contributed by atoms with Gasteiger partial charge >= 0.3 is 0 Å². The van der Waals surface area contributed by atoms with Crippen LogP contribution in [0.3, 0.4) is 0 Å². The summed E-state index contributed by atoms with van der Waals surface area (Å²) >= 11 is 1.14. The predicted molar refractivity (Wildman–Crippen MR) is 128 cm³/mol. The fraction of sp³-hybridized carbons (Fsp3) is 0.120. The first-order valence-corrected chi connectivity index (χ1v) is 11.3. The molecule has 4 aromatic rings. The van der Waals surface area contributed by atoms with Crippen LogP contribution in [0.4, 0.5) is 5.69 Å². The summed E-state index contributed by atoms with van der Waals surface area (Å²) in [4.78, 5) is 25.2. The fourth-order valence-electron chi connectivity index (χ4n) is 3.06. The number of benzene rings is 3. The van der Waals surface area contributed by atoms with Gasteiger partial charge in [0.15, 0.2) is 0 Å². The molecule has 0 radical (unpaired) electrons. The second kappa shape index (κ2) is 10.6. The van der Waals surface area contributed by atoms with Crippen LogP contribution in [0.2, 0.25) is 0 Å². The molecule has 1 heterocycles. The standard InChI is InChI=1S/C25H22N4O3S/c1-17-11-13-19(14-12-17)24-28-29-25(32-24)33-16-22(30)27-21-10-6-5-9-20(21)23(31)26-15-18-7-3-2-4-8-18/h2-14H,15-16H2,1H3,(H,26,31)(H,27,30). The number of hydrogen-bond acceptors (Lipinski definition) is 6. The number of hydrogen-bond donors (Lipinski definition) is 2. The normalized spacial score (nSPS) is 10.6. The Morgan fingerprint density at radius 2 is 1.64 bits per heavy atom. The van der Waals surface area contributed by atoms with Crippen molar-refractivity contribution in [1.82, 2.24) is 15.5 Å². The molecule has 0 unspecified atom stereocenters. The average molecular weight is 459 g/mol. The third-order valence-electron chi connectivity index (χ3n) is 4.77. The molecule has 1 aromatic heterocycles. The van der Waals surface area contributed by atoms with Crippen molar-refractivity contribution >= 4 is 29.3 Å². The van der Waals surface area contributed by atoms with Gasteiger partial charge in [-0.05, 0) is 36.8 Å². The van der Waals surface area contributed by atoms with Crippen LogP contribution in [0, 0.1) is 6.92 Å². The first-order valence-electron chi connectivity index (χ1n) is 10.3. The van der Waals surface area contributed by atoms with E-state index in [4.69, 9.17) is 4.42 Å². The highest BCUT2D eigenvalue weighted by atomic mass is 32.2. The molecule has 33 heavy (non-hydrogen) atoms. The van der Waals surface area contributed by atoms with E-state index in [0.29, 0.717) is 28.9 Å². The summed E-state index contributed by atoms with van der Waals surface area (Å²) in [5.41, 5.74) is 3.79. The molecule has 3 aromatic carbocycles. The Morgan fingerprint density at radius 1 is 0.909 bits per heavy atom. The van der Waals surface area contributed by atoms with Crippen LogP contribution in [0.25, 0.3) is 11.5 Å². The van der Waals surface area contributed by atoms with Crippen LogP contribution < -0.4 is 10.6 Å². The van der Waals surface area contributed by atoms with E-state index < -0.39 is 0 Å². The van der Waals surface area contributed by atoms with Crippen molar-refractivity contribution in [2.45, 2.75) is 18.7 Å². The lowest BCUT2D eigenvalue weighted by Crippen LogP contribution is -2.25. The first kappa shape index (κ1) is 22.3. The van der Waals surface area contributed by atoms with Crippen LogP contribution in [0.5, 0.6) is 0 Å². The molecule has 0 spiro atoms. The zero-order chi connectivity index (χ0) is 23.0. The van der Waals surface area contributed by atoms with Gasteiger partial charge in [0.1, 0.15) is 0 Å². The van der Waals surface area contributed by atoms with Gasteiger partial charge in [0.2, 0.25) is 11.8 Å². The summed E-state index contributed by atoms with van der Waals surface area (Å²) in [6, 6.07) is 24.3. The predicted octanol–water partition coefficient (Wildman–Crippen LogP) is 4.71. The number of aryl methyl sites for hydroxylation is 1. The summed E-state index contributed by atoms with van der Waals surface area (Å²) in [6.07, 6.45) is 0. The molecule has 0 bridgehead atoms. The van der Waals surface area contributed by atoms with Crippen molar-refractivity contribution in [3.63, 3.8) is 0 Å². The molecule has 0 aliphatic heterocycles. The number of nitrogens with one attached hydrogen (secondary N) is 2. The van der Waals surface area contributed by atoms with Gasteiger partial charge in [-0.2, -0.15) is 0 Å². The molecule has 0 fully saturated rings. The van der Waals surface area contributed by atoms with Crippen molar-refractivity contribution in [3.05, 3.63) is 95.6 Å². The Hall–Kier alpha value is -3.91. The summed E-state index contributed by atoms with van der Waals surface area (Å²) in [7, 11) is 0. The highest BCUT2D eigenvalue weighted by Gasteiger charge is 2.15. The minimum Gasteiger partial charge on any atom is -0.411 e. The van der Waals surface area contributed by atoms with E-state index in [1.807, 2.05) is 61.5 Å². The number of carbonyl (C=O) groups is 2. The Balaban J connectivity index is 1.33. The number of aromatic nitrogens is 2. The molecule has 0 aliphatic carbocycles. The van der Waals surface area contributed by atoms with Crippen molar-refractivity contribution in [2.24, 2.45) is 0 Å².